The third kappa shape index (κ3) is 4.39. The highest BCUT2D eigenvalue weighted by molar-refractivity contribution is 5.41. The molecule has 0 aliphatic heterocycles. The van der Waals surface area contributed by atoms with E-state index < -0.39 is 0 Å². The van der Waals surface area contributed by atoms with Gasteiger partial charge in [-0.1, -0.05) is 32.9 Å². The summed E-state index contributed by atoms with van der Waals surface area (Å²) in [4.78, 5) is 0. The highest BCUT2D eigenvalue weighted by Crippen LogP contribution is 2.32. The van der Waals surface area contributed by atoms with Crippen molar-refractivity contribution >= 4 is 0 Å². The molecule has 1 aromatic rings. The minimum Gasteiger partial charge on any atom is -0.493 e. The molecule has 0 aromatic heterocycles. The minimum absolute atomic E-state index is 0.131. The standard InChI is InChI=1S/C15H25NO/c1-12-7-8-13(15(2,3)4)14(11-12)17-10-6-9-16-5/h7-8,11,16H,6,9-10H2,1-5H3. The first kappa shape index (κ1) is 14.0. The molecule has 0 radical (unpaired) electrons. The lowest BCUT2D eigenvalue weighted by Gasteiger charge is -2.23. The molecule has 0 spiro atoms. The van der Waals surface area contributed by atoms with Crippen LogP contribution in [0.15, 0.2) is 18.2 Å². The van der Waals surface area contributed by atoms with E-state index in [0.717, 1.165) is 25.3 Å². The Morgan fingerprint density at radius 2 is 1.94 bits per heavy atom. The number of rotatable bonds is 5. The molecule has 0 atom stereocenters. The Bertz CT molecular complexity index is 352. The smallest absolute Gasteiger partial charge is 0.123 e. The summed E-state index contributed by atoms with van der Waals surface area (Å²) in [5.41, 5.74) is 2.67. The van der Waals surface area contributed by atoms with Crippen LogP contribution in [-0.4, -0.2) is 20.2 Å². The van der Waals surface area contributed by atoms with Crippen molar-refractivity contribution in [2.24, 2.45) is 0 Å². The molecule has 0 saturated heterocycles. The first-order valence-electron chi connectivity index (χ1n) is 6.33. The van der Waals surface area contributed by atoms with Gasteiger partial charge in [-0.2, -0.15) is 0 Å². The van der Waals surface area contributed by atoms with Crippen LogP contribution in [0.25, 0.3) is 0 Å². The van der Waals surface area contributed by atoms with E-state index in [0.29, 0.717) is 0 Å². The number of ether oxygens (including phenoxy) is 1. The molecule has 0 amide bonds. The van der Waals surface area contributed by atoms with Gasteiger partial charge in [-0.25, -0.2) is 0 Å². The van der Waals surface area contributed by atoms with Gasteiger partial charge in [0, 0.05) is 0 Å². The number of hydrogen-bond acceptors (Lipinski definition) is 2. The van der Waals surface area contributed by atoms with Gasteiger partial charge in [0.1, 0.15) is 5.75 Å². The minimum atomic E-state index is 0.131. The fraction of sp³-hybridized carbons (Fsp3) is 0.600. The summed E-state index contributed by atoms with van der Waals surface area (Å²) in [7, 11) is 1.97. The maximum Gasteiger partial charge on any atom is 0.123 e. The van der Waals surface area contributed by atoms with Crippen LogP contribution in [0.5, 0.6) is 5.75 Å². The Balaban J connectivity index is 2.77. The monoisotopic (exact) mass is 235 g/mol. The number of aryl methyl sites for hydroxylation is 1. The van der Waals surface area contributed by atoms with Crippen LogP contribution in [0.3, 0.4) is 0 Å². The molecule has 2 nitrogen and oxygen atoms in total. The van der Waals surface area contributed by atoms with Crippen molar-refractivity contribution in [3.8, 4) is 5.75 Å². The van der Waals surface area contributed by atoms with E-state index in [-0.39, 0.29) is 5.41 Å². The first-order chi connectivity index (χ1) is 7.95. The van der Waals surface area contributed by atoms with E-state index in [1.807, 2.05) is 7.05 Å². The van der Waals surface area contributed by atoms with Gasteiger partial charge in [0.25, 0.3) is 0 Å². The summed E-state index contributed by atoms with van der Waals surface area (Å²) in [5, 5.41) is 3.13. The fourth-order valence-corrected chi connectivity index (χ4v) is 1.80. The van der Waals surface area contributed by atoms with Crippen LogP contribution in [-0.2, 0) is 5.41 Å². The van der Waals surface area contributed by atoms with Crippen molar-refractivity contribution in [2.75, 3.05) is 20.2 Å². The second-order valence-electron chi connectivity index (χ2n) is 5.56. The fourth-order valence-electron chi connectivity index (χ4n) is 1.80. The van der Waals surface area contributed by atoms with Gasteiger partial charge in [0.2, 0.25) is 0 Å². The Labute approximate surface area is 105 Å². The van der Waals surface area contributed by atoms with Gasteiger partial charge in [0.15, 0.2) is 0 Å². The molecule has 1 aromatic carbocycles. The highest BCUT2D eigenvalue weighted by Gasteiger charge is 2.18. The Kier molecular flexibility index (Phi) is 5.01. The Morgan fingerprint density at radius 1 is 1.24 bits per heavy atom. The summed E-state index contributed by atoms with van der Waals surface area (Å²) in [5.74, 6) is 1.04. The lowest BCUT2D eigenvalue weighted by molar-refractivity contribution is 0.301. The van der Waals surface area contributed by atoms with Crippen molar-refractivity contribution in [1.82, 2.24) is 5.32 Å². The maximum atomic E-state index is 5.91. The third-order valence-corrected chi connectivity index (χ3v) is 2.77. The predicted molar refractivity (Wildman–Crippen MR) is 73.9 cm³/mol. The van der Waals surface area contributed by atoms with E-state index in [1.165, 1.54) is 11.1 Å². The van der Waals surface area contributed by atoms with Crippen LogP contribution < -0.4 is 10.1 Å². The van der Waals surface area contributed by atoms with Crippen LogP contribution >= 0.6 is 0 Å². The first-order valence-corrected chi connectivity index (χ1v) is 6.33. The second kappa shape index (κ2) is 6.06. The van der Waals surface area contributed by atoms with Gasteiger partial charge >= 0.3 is 0 Å². The lowest BCUT2D eigenvalue weighted by Crippen LogP contribution is -2.16. The molecule has 0 fully saturated rings. The molecule has 96 valence electrons. The molecule has 0 saturated carbocycles. The van der Waals surface area contributed by atoms with E-state index >= 15 is 0 Å². The zero-order chi connectivity index (χ0) is 12.9. The molecular formula is C15H25NO. The van der Waals surface area contributed by atoms with Gasteiger partial charge in [-0.05, 0) is 49.5 Å². The summed E-state index contributed by atoms with van der Waals surface area (Å²) in [6.45, 7) is 10.5. The largest absolute Gasteiger partial charge is 0.493 e. The molecule has 2 heteroatoms. The quantitative estimate of drug-likeness (QED) is 0.791. The Hall–Kier alpha value is -1.02. The van der Waals surface area contributed by atoms with Crippen LogP contribution in [0, 0.1) is 6.92 Å². The van der Waals surface area contributed by atoms with E-state index in [4.69, 9.17) is 4.74 Å². The average Bonchev–Trinajstić information content (AvgIpc) is 2.23. The van der Waals surface area contributed by atoms with Crippen molar-refractivity contribution < 1.29 is 4.74 Å². The lowest BCUT2D eigenvalue weighted by atomic mass is 9.86. The average molecular weight is 235 g/mol. The van der Waals surface area contributed by atoms with Crippen molar-refractivity contribution in [3.63, 3.8) is 0 Å². The van der Waals surface area contributed by atoms with Gasteiger partial charge < -0.3 is 10.1 Å². The van der Waals surface area contributed by atoms with E-state index in [1.54, 1.807) is 0 Å². The Morgan fingerprint density at radius 3 is 2.53 bits per heavy atom. The molecule has 0 unspecified atom stereocenters. The van der Waals surface area contributed by atoms with Crippen LogP contribution in [0.2, 0.25) is 0 Å². The van der Waals surface area contributed by atoms with Gasteiger partial charge in [0.05, 0.1) is 6.61 Å². The van der Waals surface area contributed by atoms with Gasteiger partial charge in [-0.3, -0.25) is 0 Å². The summed E-state index contributed by atoms with van der Waals surface area (Å²) < 4.78 is 5.91. The van der Waals surface area contributed by atoms with E-state index in [9.17, 15) is 0 Å². The number of benzene rings is 1. The molecule has 1 N–H and O–H groups in total. The molecular weight excluding hydrogens is 210 g/mol. The molecule has 0 aliphatic rings. The van der Waals surface area contributed by atoms with Crippen LogP contribution in [0.4, 0.5) is 0 Å². The maximum absolute atomic E-state index is 5.91. The molecule has 17 heavy (non-hydrogen) atoms. The van der Waals surface area contributed by atoms with Gasteiger partial charge in [-0.15, -0.1) is 0 Å². The summed E-state index contributed by atoms with van der Waals surface area (Å²) in [6.07, 6.45) is 1.04. The van der Waals surface area contributed by atoms with Crippen LogP contribution in [0.1, 0.15) is 38.3 Å². The molecule has 0 heterocycles. The van der Waals surface area contributed by atoms with E-state index in [2.05, 4.69) is 51.2 Å². The normalized spacial score (nSPS) is 11.6. The highest BCUT2D eigenvalue weighted by atomic mass is 16.5. The van der Waals surface area contributed by atoms with Crippen molar-refractivity contribution in [3.05, 3.63) is 29.3 Å². The second-order valence-corrected chi connectivity index (χ2v) is 5.56. The zero-order valence-corrected chi connectivity index (χ0v) is 11.8. The van der Waals surface area contributed by atoms with Crippen molar-refractivity contribution in [2.45, 2.75) is 39.5 Å². The zero-order valence-electron chi connectivity index (χ0n) is 11.8. The topological polar surface area (TPSA) is 21.3 Å². The van der Waals surface area contributed by atoms with Crippen molar-refractivity contribution in [1.29, 1.82) is 0 Å². The third-order valence-electron chi connectivity index (χ3n) is 2.77. The molecule has 0 aliphatic carbocycles. The molecule has 0 bridgehead atoms. The summed E-state index contributed by atoms with van der Waals surface area (Å²) in [6, 6.07) is 6.48. The number of nitrogens with one attached hydrogen (secondary N) is 1. The number of hydrogen-bond donors (Lipinski definition) is 1. The molecule has 1 rings (SSSR count). The predicted octanol–water partition coefficient (Wildman–Crippen LogP) is 3.28. The summed E-state index contributed by atoms with van der Waals surface area (Å²) >= 11 is 0. The SMILES string of the molecule is CNCCCOc1cc(C)ccc1C(C)(C)C.